The zero-order chi connectivity index (χ0) is 19.5. The molecule has 0 spiro atoms. The van der Waals surface area contributed by atoms with Crippen LogP contribution in [-0.2, 0) is 11.3 Å². The summed E-state index contributed by atoms with van der Waals surface area (Å²) in [5.74, 6) is 2.47. The van der Waals surface area contributed by atoms with Crippen LogP contribution in [0.25, 0.3) is 0 Å². The number of ether oxygens (including phenoxy) is 2. The summed E-state index contributed by atoms with van der Waals surface area (Å²) in [6.45, 7) is 8.14. The summed E-state index contributed by atoms with van der Waals surface area (Å²) < 4.78 is 11.3. The summed E-state index contributed by atoms with van der Waals surface area (Å²) in [6.07, 6.45) is 2.17. The van der Waals surface area contributed by atoms with Gasteiger partial charge < -0.3 is 24.6 Å². The zero-order valence-electron chi connectivity index (χ0n) is 17.4. The number of rotatable bonds is 10. The van der Waals surface area contributed by atoms with E-state index in [0.717, 1.165) is 64.0 Å². The van der Waals surface area contributed by atoms with Crippen molar-refractivity contribution in [1.29, 1.82) is 0 Å². The fourth-order valence-corrected chi connectivity index (χ4v) is 3.10. The van der Waals surface area contributed by atoms with Crippen molar-refractivity contribution in [2.24, 2.45) is 10.9 Å². The Morgan fingerprint density at radius 2 is 2.04 bits per heavy atom. The van der Waals surface area contributed by atoms with E-state index in [-0.39, 0.29) is 0 Å². The molecule has 0 bridgehead atoms. The summed E-state index contributed by atoms with van der Waals surface area (Å²) in [7, 11) is 6.26. The van der Waals surface area contributed by atoms with Gasteiger partial charge >= 0.3 is 0 Å². The van der Waals surface area contributed by atoms with Crippen LogP contribution in [0.2, 0.25) is 0 Å². The SMILES string of the molecule is CCNC(=NCc1ccc(OCCCN(C)C)cc1)N(C)CC1CCOC1. The van der Waals surface area contributed by atoms with Gasteiger partial charge in [0.25, 0.3) is 0 Å². The van der Waals surface area contributed by atoms with Gasteiger partial charge in [0.2, 0.25) is 0 Å². The summed E-state index contributed by atoms with van der Waals surface area (Å²) in [5.41, 5.74) is 1.18. The molecular formula is C21H36N4O2. The molecule has 0 amide bonds. The van der Waals surface area contributed by atoms with Gasteiger partial charge in [-0.25, -0.2) is 4.99 Å². The van der Waals surface area contributed by atoms with Crippen molar-refractivity contribution in [3.05, 3.63) is 29.8 Å². The van der Waals surface area contributed by atoms with Crippen molar-refractivity contribution in [2.75, 3.05) is 60.6 Å². The van der Waals surface area contributed by atoms with Crippen LogP contribution in [-0.4, -0.2) is 76.4 Å². The lowest BCUT2D eigenvalue weighted by atomic mass is 10.1. The van der Waals surface area contributed by atoms with E-state index in [1.165, 1.54) is 5.56 Å². The number of guanidine groups is 1. The first-order valence-corrected chi connectivity index (χ1v) is 10.0. The predicted octanol–water partition coefficient (Wildman–Crippen LogP) is 2.45. The normalized spacial score (nSPS) is 17.4. The van der Waals surface area contributed by atoms with Crippen LogP contribution in [0.15, 0.2) is 29.3 Å². The molecule has 0 radical (unpaired) electrons. The van der Waals surface area contributed by atoms with E-state index >= 15 is 0 Å². The van der Waals surface area contributed by atoms with E-state index < -0.39 is 0 Å². The van der Waals surface area contributed by atoms with Gasteiger partial charge in [-0.15, -0.1) is 0 Å². The maximum Gasteiger partial charge on any atom is 0.193 e. The van der Waals surface area contributed by atoms with Crippen LogP contribution < -0.4 is 10.1 Å². The number of hydrogen-bond donors (Lipinski definition) is 1. The van der Waals surface area contributed by atoms with E-state index in [9.17, 15) is 0 Å². The van der Waals surface area contributed by atoms with Crippen LogP contribution in [0, 0.1) is 5.92 Å². The van der Waals surface area contributed by atoms with Crippen LogP contribution in [0.1, 0.15) is 25.3 Å². The Labute approximate surface area is 164 Å². The number of nitrogens with zero attached hydrogens (tertiary/aromatic N) is 3. The van der Waals surface area contributed by atoms with Crippen molar-refractivity contribution < 1.29 is 9.47 Å². The highest BCUT2D eigenvalue weighted by atomic mass is 16.5. The molecule has 2 rings (SSSR count). The molecular weight excluding hydrogens is 340 g/mol. The lowest BCUT2D eigenvalue weighted by molar-refractivity contribution is 0.181. The Morgan fingerprint density at radius 1 is 1.26 bits per heavy atom. The van der Waals surface area contributed by atoms with Crippen molar-refractivity contribution >= 4 is 5.96 Å². The minimum absolute atomic E-state index is 0.600. The van der Waals surface area contributed by atoms with Gasteiger partial charge in [0.15, 0.2) is 5.96 Å². The highest BCUT2D eigenvalue weighted by Crippen LogP contribution is 2.15. The van der Waals surface area contributed by atoms with Crippen LogP contribution in [0.3, 0.4) is 0 Å². The number of hydrogen-bond acceptors (Lipinski definition) is 4. The molecule has 1 fully saturated rings. The molecule has 27 heavy (non-hydrogen) atoms. The standard InChI is InChI=1S/C21H36N4O2/c1-5-22-21(25(4)16-19-11-14-26-17-19)23-15-18-7-9-20(10-8-18)27-13-6-12-24(2)3/h7-10,19H,5-6,11-17H2,1-4H3,(H,22,23). The fraction of sp³-hybridized carbons (Fsp3) is 0.667. The second-order valence-electron chi connectivity index (χ2n) is 7.43. The van der Waals surface area contributed by atoms with E-state index in [1.54, 1.807) is 0 Å². The van der Waals surface area contributed by atoms with E-state index in [2.05, 4.69) is 55.3 Å². The molecule has 1 aromatic carbocycles. The molecule has 1 atom stereocenters. The minimum atomic E-state index is 0.600. The average molecular weight is 377 g/mol. The Bertz CT molecular complexity index is 554. The van der Waals surface area contributed by atoms with Crippen molar-refractivity contribution in [3.8, 4) is 5.75 Å². The average Bonchev–Trinajstić information content (AvgIpc) is 3.16. The molecule has 1 N–H and O–H groups in total. The Hall–Kier alpha value is -1.79. The molecule has 6 heteroatoms. The minimum Gasteiger partial charge on any atom is -0.494 e. The molecule has 1 saturated heterocycles. The zero-order valence-corrected chi connectivity index (χ0v) is 17.4. The first kappa shape index (κ1) is 21.5. The van der Waals surface area contributed by atoms with Gasteiger partial charge in [-0.2, -0.15) is 0 Å². The van der Waals surface area contributed by atoms with E-state index in [1.807, 2.05) is 12.1 Å². The fourth-order valence-electron chi connectivity index (χ4n) is 3.10. The molecule has 0 saturated carbocycles. The van der Waals surface area contributed by atoms with Crippen LogP contribution in [0.4, 0.5) is 0 Å². The molecule has 1 aliphatic heterocycles. The summed E-state index contributed by atoms with van der Waals surface area (Å²) >= 11 is 0. The smallest absolute Gasteiger partial charge is 0.193 e. The maximum absolute atomic E-state index is 5.79. The third kappa shape index (κ3) is 8.18. The highest BCUT2D eigenvalue weighted by Gasteiger charge is 2.19. The summed E-state index contributed by atoms with van der Waals surface area (Å²) in [6, 6.07) is 8.26. The second kappa shape index (κ2) is 11.8. The second-order valence-corrected chi connectivity index (χ2v) is 7.43. The maximum atomic E-state index is 5.79. The summed E-state index contributed by atoms with van der Waals surface area (Å²) in [4.78, 5) is 9.18. The van der Waals surface area contributed by atoms with Crippen LogP contribution in [0.5, 0.6) is 5.75 Å². The van der Waals surface area contributed by atoms with E-state index in [4.69, 9.17) is 14.5 Å². The van der Waals surface area contributed by atoms with Gasteiger partial charge in [0, 0.05) is 39.2 Å². The van der Waals surface area contributed by atoms with Crippen LogP contribution >= 0.6 is 0 Å². The van der Waals surface area contributed by atoms with Gasteiger partial charge in [0.05, 0.1) is 19.8 Å². The van der Waals surface area contributed by atoms with Gasteiger partial charge in [-0.3, -0.25) is 0 Å². The van der Waals surface area contributed by atoms with Gasteiger partial charge in [-0.05, 0) is 51.6 Å². The molecule has 1 heterocycles. The molecule has 1 aliphatic rings. The summed E-state index contributed by atoms with van der Waals surface area (Å²) in [5, 5.41) is 3.39. The third-order valence-corrected chi connectivity index (χ3v) is 4.61. The Morgan fingerprint density at radius 3 is 2.67 bits per heavy atom. The predicted molar refractivity (Wildman–Crippen MR) is 111 cm³/mol. The lowest BCUT2D eigenvalue weighted by Crippen LogP contribution is -2.41. The number of aliphatic imine (C=N–C) groups is 1. The first-order chi connectivity index (χ1) is 13.1. The Balaban J connectivity index is 1.83. The van der Waals surface area contributed by atoms with Crippen molar-refractivity contribution in [1.82, 2.24) is 15.1 Å². The first-order valence-electron chi connectivity index (χ1n) is 10.0. The van der Waals surface area contributed by atoms with Crippen molar-refractivity contribution in [3.63, 3.8) is 0 Å². The van der Waals surface area contributed by atoms with Gasteiger partial charge in [0.1, 0.15) is 5.75 Å². The number of nitrogens with one attached hydrogen (secondary N) is 1. The molecule has 0 aliphatic carbocycles. The third-order valence-electron chi connectivity index (χ3n) is 4.61. The molecule has 1 unspecified atom stereocenters. The van der Waals surface area contributed by atoms with Gasteiger partial charge in [-0.1, -0.05) is 12.1 Å². The van der Waals surface area contributed by atoms with Crippen molar-refractivity contribution in [2.45, 2.75) is 26.3 Å². The molecule has 6 nitrogen and oxygen atoms in total. The monoisotopic (exact) mass is 376 g/mol. The topological polar surface area (TPSA) is 49.3 Å². The Kier molecular flexibility index (Phi) is 9.42. The lowest BCUT2D eigenvalue weighted by Gasteiger charge is -2.24. The van der Waals surface area contributed by atoms with E-state index in [0.29, 0.717) is 12.5 Å². The largest absolute Gasteiger partial charge is 0.494 e. The number of benzene rings is 1. The highest BCUT2D eigenvalue weighted by molar-refractivity contribution is 5.79. The molecule has 1 aromatic rings. The quantitative estimate of drug-likeness (QED) is 0.386. The molecule has 152 valence electrons. The molecule has 0 aromatic heterocycles.